The van der Waals surface area contributed by atoms with Gasteiger partial charge in [0.25, 0.3) is 0 Å². The highest BCUT2D eigenvalue weighted by Crippen LogP contribution is 2.35. The summed E-state index contributed by atoms with van der Waals surface area (Å²) in [5.74, 6) is 0.630. The summed E-state index contributed by atoms with van der Waals surface area (Å²) in [6, 6.07) is 6.41. The number of hydrogen-bond acceptors (Lipinski definition) is 3. The number of rotatable bonds is 2. The fourth-order valence-electron chi connectivity index (χ4n) is 1.16. The monoisotopic (exact) mass is 377 g/mol. The number of benzene rings is 1. The van der Waals surface area contributed by atoms with Crippen LogP contribution in [0.25, 0.3) is 0 Å². The van der Waals surface area contributed by atoms with E-state index in [1.807, 2.05) is 0 Å². The SMILES string of the molecule is Oc1cc(Cl)ccc1Oc1ncc(Br)cc1Br. The Bertz CT molecular complexity index is 514. The molecule has 88 valence electrons. The van der Waals surface area contributed by atoms with Crippen LogP contribution in [-0.2, 0) is 0 Å². The van der Waals surface area contributed by atoms with Crippen molar-refractivity contribution < 1.29 is 9.84 Å². The smallest absolute Gasteiger partial charge is 0.233 e. The van der Waals surface area contributed by atoms with Crippen molar-refractivity contribution in [2.45, 2.75) is 0 Å². The fourth-order valence-corrected chi connectivity index (χ4v) is 2.39. The van der Waals surface area contributed by atoms with Crippen LogP contribution in [0.5, 0.6) is 17.4 Å². The quantitative estimate of drug-likeness (QED) is 0.818. The van der Waals surface area contributed by atoms with Gasteiger partial charge in [0.05, 0.1) is 4.47 Å². The third-order valence-electron chi connectivity index (χ3n) is 1.90. The Kier molecular flexibility index (Phi) is 3.91. The number of hydrogen-bond donors (Lipinski definition) is 1. The first-order valence-corrected chi connectivity index (χ1v) is 6.50. The van der Waals surface area contributed by atoms with Crippen molar-refractivity contribution in [2.24, 2.45) is 0 Å². The lowest BCUT2D eigenvalue weighted by atomic mass is 10.3. The maximum absolute atomic E-state index is 9.64. The Labute approximate surface area is 120 Å². The van der Waals surface area contributed by atoms with Crippen molar-refractivity contribution in [1.82, 2.24) is 4.98 Å². The molecule has 0 saturated carbocycles. The van der Waals surface area contributed by atoms with Crippen molar-refractivity contribution in [3.05, 3.63) is 44.4 Å². The van der Waals surface area contributed by atoms with Gasteiger partial charge in [-0.05, 0) is 50.1 Å². The van der Waals surface area contributed by atoms with Gasteiger partial charge in [-0.3, -0.25) is 0 Å². The van der Waals surface area contributed by atoms with E-state index in [0.29, 0.717) is 21.1 Å². The number of aromatic hydroxyl groups is 1. The van der Waals surface area contributed by atoms with Crippen molar-refractivity contribution >= 4 is 43.5 Å². The normalized spacial score (nSPS) is 10.3. The van der Waals surface area contributed by atoms with E-state index in [0.717, 1.165) is 4.47 Å². The van der Waals surface area contributed by atoms with Gasteiger partial charge in [-0.15, -0.1) is 0 Å². The second kappa shape index (κ2) is 5.25. The largest absolute Gasteiger partial charge is 0.504 e. The van der Waals surface area contributed by atoms with Crippen molar-refractivity contribution in [3.63, 3.8) is 0 Å². The number of ether oxygens (including phenoxy) is 1. The average Bonchev–Trinajstić information content (AvgIpc) is 2.25. The zero-order valence-corrected chi connectivity index (χ0v) is 12.3. The summed E-state index contributed by atoms with van der Waals surface area (Å²) in [7, 11) is 0. The molecule has 0 aliphatic rings. The van der Waals surface area contributed by atoms with Gasteiger partial charge in [-0.25, -0.2) is 4.98 Å². The summed E-state index contributed by atoms with van der Waals surface area (Å²) >= 11 is 12.3. The highest BCUT2D eigenvalue weighted by atomic mass is 79.9. The van der Waals surface area contributed by atoms with E-state index in [9.17, 15) is 5.11 Å². The molecule has 0 radical (unpaired) electrons. The average molecular weight is 379 g/mol. The van der Waals surface area contributed by atoms with Crippen LogP contribution in [0.3, 0.4) is 0 Å². The predicted molar refractivity (Wildman–Crippen MR) is 72.8 cm³/mol. The summed E-state index contributed by atoms with van der Waals surface area (Å²) in [6.07, 6.45) is 1.60. The number of nitrogens with zero attached hydrogens (tertiary/aromatic N) is 1. The van der Waals surface area contributed by atoms with Gasteiger partial charge in [0, 0.05) is 21.8 Å². The molecule has 1 aromatic carbocycles. The number of phenols is 1. The van der Waals surface area contributed by atoms with E-state index in [-0.39, 0.29) is 5.75 Å². The minimum atomic E-state index is -0.0332. The molecule has 0 bridgehead atoms. The molecule has 0 atom stereocenters. The Hall–Kier alpha value is -0.780. The maximum atomic E-state index is 9.64. The topological polar surface area (TPSA) is 42.4 Å². The molecule has 6 heteroatoms. The molecule has 0 amide bonds. The molecule has 1 N–H and O–H groups in total. The highest BCUT2D eigenvalue weighted by Gasteiger charge is 2.08. The number of halogens is 3. The highest BCUT2D eigenvalue weighted by molar-refractivity contribution is 9.11. The second-order valence-corrected chi connectivity index (χ2v) is 5.36. The van der Waals surface area contributed by atoms with Crippen LogP contribution in [0.15, 0.2) is 39.4 Å². The Balaban J connectivity index is 2.31. The van der Waals surface area contributed by atoms with E-state index < -0.39 is 0 Å². The van der Waals surface area contributed by atoms with Crippen LogP contribution in [0, 0.1) is 0 Å². The minimum absolute atomic E-state index is 0.0332. The standard InChI is InChI=1S/C11H6Br2ClNO2/c12-6-3-8(13)11(15-5-6)17-10-2-1-7(14)4-9(10)16/h1-5,16H. The first kappa shape index (κ1) is 12.7. The van der Waals surface area contributed by atoms with E-state index in [1.165, 1.54) is 6.07 Å². The van der Waals surface area contributed by atoms with Gasteiger partial charge >= 0.3 is 0 Å². The molecular weight excluding hydrogens is 373 g/mol. The first-order chi connectivity index (χ1) is 8.06. The molecule has 0 unspecified atom stereocenters. The lowest BCUT2D eigenvalue weighted by molar-refractivity contribution is 0.401. The summed E-state index contributed by atoms with van der Waals surface area (Å²) in [5, 5.41) is 10.1. The van der Waals surface area contributed by atoms with Crippen LogP contribution in [0.4, 0.5) is 0 Å². The molecule has 2 rings (SSSR count). The molecule has 0 fully saturated rings. The summed E-state index contributed by atoms with van der Waals surface area (Å²) in [6.45, 7) is 0. The van der Waals surface area contributed by atoms with Crippen molar-refractivity contribution in [2.75, 3.05) is 0 Å². The fraction of sp³-hybridized carbons (Fsp3) is 0. The van der Waals surface area contributed by atoms with E-state index in [1.54, 1.807) is 24.4 Å². The van der Waals surface area contributed by atoms with Gasteiger partial charge in [0.15, 0.2) is 11.5 Å². The molecule has 0 aliphatic carbocycles. The Morgan fingerprint density at radius 1 is 1.24 bits per heavy atom. The number of phenolic OH excluding ortho intramolecular Hbond substituents is 1. The molecule has 1 aromatic heterocycles. The Morgan fingerprint density at radius 2 is 2.00 bits per heavy atom. The molecule has 0 saturated heterocycles. The van der Waals surface area contributed by atoms with Gasteiger partial charge in [-0.2, -0.15) is 0 Å². The van der Waals surface area contributed by atoms with Gasteiger partial charge < -0.3 is 9.84 Å². The molecule has 0 spiro atoms. The van der Waals surface area contributed by atoms with Crippen LogP contribution in [0.1, 0.15) is 0 Å². The molecule has 3 nitrogen and oxygen atoms in total. The predicted octanol–water partition coefficient (Wildman–Crippen LogP) is 4.76. The first-order valence-electron chi connectivity index (χ1n) is 4.53. The summed E-state index contributed by atoms with van der Waals surface area (Å²) in [5.41, 5.74) is 0. The third-order valence-corrected chi connectivity index (χ3v) is 3.14. The molecule has 0 aliphatic heterocycles. The minimum Gasteiger partial charge on any atom is -0.504 e. The maximum Gasteiger partial charge on any atom is 0.233 e. The van der Waals surface area contributed by atoms with Crippen molar-refractivity contribution in [3.8, 4) is 17.4 Å². The van der Waals surface area contributed by atoms with E-state index in [2.05, 4.69) is 36.8 Å². The lowest BCUT2D eigenvalue weighted by Gasteiger charge is -2.08. The third kappa shape index (κ3) is 3.12. The lowest BCUT2D eigenvalue weighted by Crippen LogP contribution is -1.89. The van der Waals surface area contributed by atoms with Gasteiger partial charge in [0.2, 0.25) is 5.88 Å². The molecule has 1 heterocycles. The molecule has 2 aromatic rings. The number of pyridine rings is 1. The summed E-state index contributed by atoms with van der Waals surface area (Å²) in [4.78, 5) is 4.08. The van der Waals surface area contributed by atoms with Crippen LogP contribution >= 0.6 is 43.5 Å². The van der Waals surface area contributed by atoms with Gasteiger partial charge in [0.1, 0.15) is 0 Å². The molecule has 17 heavy (non-hydrogen) atoms. The van der Waals surface area contributed by atoms with Gasteiger partial charge in [-0.1, -0.05) is 11.6 Å². The summed E-state index contributed by atoms with van der Waals surface area (Å²) < 4.78 is 6.97. The zero-order chi connectivity index (χ0) is 12.4. The van der Waals surface area contributed by atoms with Crippen LogP contribution < -0.4 is 4.74 Å². The van der Waals surface area contributed by atoms with E-state index >= 15 is 0 Å². The molecular formula is C11H6Br2ClNO2. The van der Waals surface area contributed by atoms with Crippen molar-refractivity contribution in [1.29, 1.82) is 0 Å². The zero-order valence-electron chi connectivity index (χ0n) is 8.32. The second-order valence-electron chi connectivity index (χ2n) is 3.15. The Morgan fingerprint density at radius 3 is 2.65 bits per heavy atom. The van der Waals surface area contributed by atoms with Crippen LogP contribution in [-0.4, -0.2) is 10.1 Å². The number of aromatic nitrogens is 1. The van der Waals surface area contributed by atoms with E-state index in [4.69, 9.17) is 16.3 Å². The van der Waals surface area contributed by atoms with Crippen LogP contribution in [0.2, 0.25) is 5.02 Å².